The van der Waals surface area contributed by atoms with Crippen molar-refractivity contribution >= 4 is 33.3 Å². The van der Waals surface area contributed by atoms with Crippen molar-refractivity contribution in [3.05, 3.63) is 81.3 Å². The van der Waals surface area contributed by atoms with Crippen molar-refractivity contribution < 1.29 is 17.3 Å². The van der Waals surface area contributed by atoms with Crippen LogP contribution in [0.1, 0.15) is 22.8 Å². The third kappa shape index (κ3) is 3.76. The first-order valence-corrected chi connectivity index (χ1v) is 11.1. The van der Waals surface area contributed by atoms with Crippen LogP contribution in [0.4, 0.5) is 0 Å². The van der Waals surface area contributed by atoms with E-state index in [0.717, 1.165) is 29.4 Å². The minimum atomic E-state index is -3.87. The lowest BCUT2D eigenvalue weighted by atomic mass is 9.98. The van der Waals surface area contributed by atoms with E-state index in [4.69, 9.17) is 32.1 Å². The minimum absolute atomic E-state index is 0.105. The summed E-state index contributed by atoms with van der Waals surface area (Å²) < 4.78 is 35.9. The van der Waals surface area contributed by atoms with Crippen LogP contribution in [-0.2, 0) is 20.7 Å². The molecular weight excluding hydrogens is 431 g/mol. The van der Waals surface area contributed by atoms with Crippen LogP contribution >= 0.6 is 23.2 Å². The number of rotatable bonds is 4. The summed E-state index contributed by atoms with van der Waals surface area (Å²) in [6.07, 6.45) is 0.00720. The van der Waals surface area contributed by atoms with Crippen molar-refractivity contribution in [1.82, 2.24) is 0 Å². The van der Waals surface area contributed by atoms with Crippen LogP contribution in [0.15, 0.2) is 59.5 Å². The quantitative estimate of drug-likeness (QED) is 0.460. The maximum atomic E-state index is 12.4. The minimum Gasteiger partial charge on any atom is -0.484 e. The van der Waals surface area contributed by atoms with Crippen LogP contribution in [0.5, 0.6) is 5.75 Å². The van der Waals surface area contributed by atoms with Gasteiger partial charge in [0.05, 0.1) is 7.11 Å². The van der Waals surface area contributed by atoms with Gasteiger partial charge in [-0.3, -0.25) is 4.18 Å². The lowest BCUT2D eigenvalue weighted by molar-refractivity contribution is 0.235. The third-order valence-electron chi connectivity index (χ3n) is 4.96. The van der Waals surface area contributed by atoms with Gasteiger partial charge < -0.3 is 4.74 Å². The van der Waals surface area contributed by atoms with E-state index in [-0.39, 0.29) is 4.90 Å². The number of halogens is 2. The Morgan fingerprint density at radius 2 is 1.79 bits per heavy atom. The van der Waals surface area contributed by atoms with Gasteiger partial charge in [-0.05, 0) is 31.2 Å². The molecular formula is C22H18Cl2O4S. The number of benzene rings is 3. The van der Waals surface area contributed by atoms with Crippen LogP contribution in [0, 0.1) is 6.92 Å². The van der Waals surface area contributed by atoms with E-state index < -0.39 is 16.2 Å². The van der Waals surface area contributed by atoms with Gasteiger partial charge >= 0.3 is 0 Å². The lowest BCUT2D eigenvalue weighted by Crippen LogP contribution is -2.12. The molecule has 0 aliphatic carbocycles. The van der Waals surface area contributed by atoms with Crippen molar-refractivity contribution in [3.8, 4) is 16.9 Å². The Balaban J connectivity index is 1.83. The number of ether oxygens (including phenoxy) is 1. The van der Waals surface area contributed by atoms with Crippen molar-refractivity contribution in [1.29, 1.82) is 0 Å². The van der Waals surface area contributed by atoms with Gasteiger partial charge in [-0.15, -0.1) is 0 Å². The smallest absolute Gasteiger partial charge is 0.297 e. The molecule has 4 rings (SSSR count). The van der Waals surface area contributed by atoms with E-state index in [2.05, 4.69) is 0 Å². The van der Waals surface area contributed by atoms with Gasteiger partial charge in [0, 0.05) is 38.7 Å². The van der Waals surface area contributed by atoms with E-state index in [0.29, 0.717) is 27.8 Å². The van der Waals surface area contributed by atoms with E-state index in [1.165, 1.54) is 0 Å². The van der Waals surface area contributed by atoms with Crippen LogP contribution in [-0.4, -0.2) is 15.5 Å². The largest absolute Gasteiger partial charge is 0.484 e. The molecule has 0 spiro atoms. The number of hydrogen-bond acceptors (Lipinski definition) is 4. The van der Waals surface area contributed by atoms with Crippen molar-refractivity contribution in [2.45, 2.75) is 24.3 Å². The average Bonchev–Trinajstić information content (AvgIpc) is 3.11. The molecule has 0 N–H and O–H groups in total. The van der Waals surface area contributed by atoms with E-state index in [9.17, 15) is 8.42 Å². The summed E-state index contributed by atoms with van der Waals surface area (Å²) in [7, 11) is -2.72. The summed E-state index contributed by atoms with van der Waals surface area (Å²) in [5, 5.41) is 1.15. The molecule has 0 saturated carbocycles. The molecule has 4 nitrogen and oxygen atoms in total. The van der Waals surface area contributed by atoms with Gasteiger partial charge in [-0.2, -0.15) is 8.42 Å². The summed E-state index contributed by atoms with van der Waals surface area (Å²) in [5.41, 5.74) is 3.98. The Morgan fingerprint density at radius 3 is 2.52 bits per heavy atom. The fourth-order valence-corrected chi connectivity index (χ4v) is 4.99. The second-order valence-corrected chi connectivity index (χ2v) is 9.42. The Morgan fingerprint density at radius 1 is 1.03 bits per heavy atom. The topological polar surface area (TPSA) is 52.6 Å². The monoisotopic (exact) mass is 448 g/mol. The first-order chi connectivity index (χ1) is 13.8. The Kier molecular flexibility index (Phi) is 5.34. The molecule has 0 radical (unpaired) electrons. The molecule has 1 unspecified atom stereocenters. The molecule has 29 heavy (non-hydrogen) atoms. The van der Waals surface area contributed by atoms with Gasteiger partial charge in [-0.1, -0.05) is 59.1 Å². The summed E-state index contributed by atoms with van der Waals surface area (Å²) in [6.45, 7) is 1.90. The van der Waals surface area contributed by atoms with Gasteiger partial charge in [-0.25, -0.2) is 0 Å². The zero-order valence-electron chi connectivity index (χ0n) is 15.8. The highest BCUT2D eigenvalue weighted by molar-refractivity contribution is 7.86. The highest BCUT2D eigenvalue weighted by Crippen LogP contribution is 2.47. The summed E-state index contributed by atoms with van der Waals surface area (Å²) in [4.78, 5) is 0.105. The molecule has 0 saturated heterocycles. The molecule has 1 heterocycles. The standard InChI is InChI=1S/C22H18Cl2O4S/c1-13-7-8-21(29(25,26)27-2)18(9-13)20-11-14-10-15(23)12-17(22(14)28-20)16-5-3-4-6-19(16)24/h3-10,12,20H,11H2,1-2H3. The highest BCUT2D eigenvalue weighted by Gasteiger charge is 2.32. The molecule has 0 aromatic heterocycles. The lowest BCUT2D eigenvalue weighted by Gasteiger charge is -2.17. The normalized spacial score (nSPS) is 15.8. The SMILES string of the molecule is COS(=O)(=O)c1ccc(C)cc1C1Cc2cc(Cl)cc(-c3ccccc3Cl)c2O1. The Labute approximate surface area is 180 Å². The Hall–Kier alpha value is -2.05. The molecule has 3 aromatic rings. The Bertz CT molecular complexity index is 1210. The van der Waals surface area contributed by atoms with Gasteiger partial charge in [0.15, 0.2) is 0 Å². The van der Waals surface area contributed by atoms with Gasteiger partial charge in [0.2, 0.25) is 0 Å². The predicted molar refractivity (Wildman–Crippen MR) is 114 cm³/mol. The number of hydrogen-bond donors (Lipinski definition) is 0. The van der Waals surface area contributed by atoms with Crippen LogP contribution < -0.4 is 4.74 Å². The van der Waals surface area contributed by atoms with Gasteiger partial charge in [0.1, 0.15) is 16.7 Å². The molecule has 0 amide bonds. The fraction of sp³-hybridized carbons (Fsp3) is 0.182. The third-order valence-corrected chi connectivity index (χ3v) is 6.86. The average molecular weight is 449 g/mol. The predicted octanol–water partition coefficient (Wildman–Crippen LogP) is 5.98. The molecule has 0 bridgehead atoms. The maximum absolute atomic E-state index is 12.4. The number of aryl methyl sites for hydroxylation is 1. The molecule has 150 valence electrons. The summed E-state index contributed by atoms with van der Waals surface area (Å²) in [5.74, 6) is 0.662. The maximum Gasteiger partial charge on any atom is 0.297 e. The first kappa shape index (κ1) is 20.2. The van der Waals surface area contributed by atoms with E-state index in [1.807, 2.05) is 43.3 Å². The van der Waals surface area contributed by atoms with Crippen molar-refractivity contribution in [3.63, 3.8) is 0 Å². The van der Waals surface area contributed by atoms with Crippen LogP contribution in [0.2, 0.25) is 10.0 Å². The second-order valence-electron chi connectivity index (χ2n) is 6.89. The van der Waals surface area contributed by atoms with Crippen molar-refractivity contribution in [2.75, 3.05) is 7.11 Å². The molecule has 0 fully saturated rings. The van der Waals surface area contributed by atoms with Gasteiger partial charge in [0.25, 0.3) is 10.1 Å². The van der Waals surface area contributed by atoms with Crippen LogP contribution in [0.3, 0.4) is 0 Å². The molecule has 1 atom stereocenters. The van der Waals surface area contributed by atoms with Crippen molar-refractivity contribution in [2.24, 2.45) is 0 Å². The van der Waals surface area contributed by atoms with E-state index in [1.54, 1.807) is 18.2 Å². The highest BCUT2D eigenvalue weighted by atomic mass is 35.5. The molecule has 1 aliphatic rings. The molecule has 3 aromatic carbocycles. The molecule has 7 heteroatoms. The second kappa shape index (κ2) is 7.65. The zero-order chi connectivity index (χ0) is 20.8. The number of fused-ring (bicyclic) bond motifs is 1. The van der Waals surface area contributed by atoms with Crippen LogP contribution in [0.25, 0.3) is 11.1 Å². The summed E-state index contributed by atoms with van der Waals surface area (Å²) >= 11 is 12.8. The zero-order valence-corrected chi connectivity index (χ0v) is 18.1. The van der Waals surface area contributed by atoms with E-state index >= 15 is 0 Å². The first-order valence-electron chi connectivity index (χ1n) is 8.95. The summed E-state index contributed by atoms with van der Waals surface area (Å²) in [6, 6.07) is 16.2. The molecule has 1 aliphatic heterocycles. The fourth-order valence-electron chi connectivity index (χ4n) is 3.61.